The number of esters is 1. The van der Waals surface area contributed by atoms with Crippen molar-refractivity contribution < 1.29 is 14.3 Å². The number of aryl methyl sites for hydroxylation is 3. The summed E-state index contributed by atoms with van der Waals surface area (Å²) in [6.45, 7) is 5.20. The average Bonchev–Trinajstić information content (AvgIpc) is 2.96. The zero-order valence-corrected chi connectivity index (χ0v) is 18.4. The molecule has 0 aliphatic heterocycles. The molecule has 0 atom stereocenters. The largest absolute Gasteiger partial charge is 0.403 e. The summed E-state index contributed by atoms with van der Waals surface area (Å²) >= 11 is 18.5. The van der Waals surface area contributed by atoms with Gasteiger partial charge in [-0.2, -0.15) is 5.10 Å². The van der Waals surface area contributed by atoms with Crippen LogP contribution in [0, 0.1) is 20.8 Å². The minimum absolute atomic E-state index is 0.0359. The van der Waals surface area contributed by atoms with E-state index in [4.69, 9.17) is 39.5 Å². The fourth-order valence-corrected chi connectivity index (χ4v) is 3.54. The van der Waals surface area contributed by atoms with Gasteiger partial charge >= 0.3 is 5.97 Å². The van der Waals surface area contributed by atoms with Crippen LogP contribution in [-0.4, -0.2) is 21.5 Å². The summed E-state index contributed by atoms with van der Waals surface area (Å²) in [5.41, 5.74) is 2.47. The van der Waals surface area contributed by atoms with Crippen molar-refractivity contribution in [1.29, 1.82) is 0 Å². The second-order valence-corrected chi connectivity index (χ2v) is 7.80. The van der Waals surface area contributed by atoms with Crippen molar-refractivity contribution in [3.05, 3.63) is 78.9 Å². The Morgan fingerprint density at radius 2 is 1.62 bits per heavy atom. The zero-order valence-electron chi connectivity index (χ0n) is 16.1. The molecule has 3 aromatic rings. The molecule has 8 heteroatoms. The van der Waals surface area contributed by atoms with E-state index in [0.29, 0.717) is 26.9 Å². The summed E-state index contributed by atoms with van der Waals surface area (Å²) in [6.07, 6.45) is 0. The molecule has 1 aromatic heterocycles. The van der Waals surface area contributed by atoms with Gasteiger partial charge in [-0.25, -0.2) is 9.48 Å². The maximum Gasteiger partial charge on any atom is 0.344 e. The highest BCUT2D eigenvalue weighted by molar-refractivity contribution is 6.39. The number of halogens is 3. The van der Waals surface area contributed by atoms with Crippen molar-refractivity contribution in [3.8, 4) is 5.88 Å². The number of ether oxygens (including phenoxy) is 1. The molecular formula is C21H17Cl3N2O3. The van der Waals surface area contributed by atoms with Gasteiger partial charge in [0.05, 0.1) is 16.3 Å². The molecular weight excluding hydrogens is 435 g/mol. The van der Waals surface area contributed by atoms with Crippen molar-refractivity contribution >= 4 is 46.6 Å². The Morgan fingerprint density at radius 3 is 2.24 bits per heavy atom. The molecule has 0 spiro atoms. The topological polar surface area (TPSA) is 61.2 Å². The minimum Gasteiger partial charge on any atom is -0.403 e. The maximum atomic E-state index is 13.3. The monoisotopic (exact) mass is 450 g/mol. The van der Waals surface area contributed by atoms with Gasteiger partial charge in [0, 0.05) is 22.7 Å². The molecule has 3 rings (SSSR count). The number of benzene rings is 2. The third-order valence-corrected chi connectivity index (χ3v) is 5.83. The summed E-state index contributed by atoms with van der Waals surface area (Å²) in [6, 6.07) is 7.86. The van der Waals surface area contributed by atoms with Crippen LogP contribution in [-0.2, 0) is 7.05 Å². The van der Waals surface area contributed by atoms with E-state index in [1.54, 1.807) is 46.0 Å². The Hall–Kier alpha value is -2.34. The molecule has 0 saturated carbocycles. The van der Waals surface area contributed by atoms with Gasteiger partial charge in [0.1, 0.15) is 5.56 Å². The molecule has 5 nitrogen and oxygen atoms in total. The van der Waals surface area contributed by atoms with E-state index in [1.807, 2.05) is 0 Å². The second kappa shape index (κ2) is 8.19. The molecule has 0 N–H and O–H groups in total. The van der Waals surface area contributed by atoms with Crippen LogP contribution in [0.2, 0.25) is 15.1 Å². The second-order valence-electron chi connectivity index (χ2n) is 6.61. The van der Waals surface area contributed by atoms with Crippen molar-refractivity contribution in [2.24, 2.45) is 7.05 Å². The van der Waals surface area contributed by atoms with E-state index in [0.717, 1.165) is 5.56 Å². The van der Waals surface area contributed by atoms with Crippen molar-refractivity contribution in [2.75, 3.05) is 0 Å². The van der Waals surface area contributed by atoms with E-state index in [2.05, 4.69) is 5.10 Å². The van der Waals surface area contributed by atoms with Crippen LogP contribution in [0.25, 0.3) is 0 Å². The fourth-order valence-electron chi connectivity index (χ4n) is 2.99. The van der Waals surface area contributed by atoms with E-state index in [1.165, 1.54) is 16.8 Å². The molecule has 2 aromatic carbocycles. The molecule has 0 fully saturated rings. The number of hydrogen-bond acceptors (Lipinski definition) is 4. The first-order chi connectivity index (χ1) is 13.6. The van der Waals surface area contributed by atoms with Crippen molar-refractivity contribution in [3.63, 3.8) is 0 Å². The molecule has 0 saturated heterocycles. The van der Waals surface area contributed by atoms with Gasteiger partial charge < -0.3 is 4.74 Å². The van der Waals surface area contributed by atoms with Crippen LogP contribution in [0.1, 0.15) is 43.1 Å². The van der Waals surface area contributed by atoms with E-state index in [-0.39, 0.29) is 22.0 Å². The van der Waals surface area contributed by atoms with E-state index >= 15 is 0 Å². The fraction of sp³-hybridized carbons (Fsp3) is 0.190. The molecule has 0 unspecified atom stereocenters. The highest BCUT2D eigenvalue weighted by Gasteiger charge is 2.28. The summed E-state index contributed by atoms with van der Waals surface area (Å²) in [4.78, 5) is 25.9. The molecule has 0 amide bonds. The molecule has 29 heavy (non-hydrogen) atoms. The van der Waals surface area contributed by atoms with Gasteiger partial charge in [-0.1, -0.05) is 34.8 Å². The maximum absolute atomic E-state index is 13.3. The third-order valence-electron chi connectivity index (χ3n) is 4.51. The number of hydrogen-bond donors (Lipinski definition) is 0. The number of rotatable bonds is 4. The minimum atomic E-state index is -0.631. The Labute approximate surface area is 183 Å². The normalized spacial score (nSPS) is 10.9. The van der Waals surface area contributed by atoms with Gasteiger partial charge in [-0.3, -0.25) is 4.79 Å². The quantitative estimate of drug-likeness (QED) is 0.374. The average molecular weight is 452 g/mol. The standard InChI is InChI=1S/C21H17Cl3N2O3/c1-10-9-15(18(24)11(2)17(10)23)19(27)16-12(3)25-26(4)20(16)29-21(28)13-5-7-14(22)8-6-13/h5-9H,1-4H3. The highest BCUT2D eigenvalue weighted by atomic mass is 35.5. The van der Waals surface area contributed by atoms with Gasteiger partial charge in [-0.15, -0.1) is 0 Å². The molecule has 1 heterocycles. The van der Waals surface area contributed by atoms with Gasteiger partial charge in [0.2, 0.25) is 11.7 Å². The Bertz CT molecular complexity index is 1140. The summed E-state index contributed by atoms with van der Waals surface area (Å²) < 4.78 is 6.87. The smallest absolute Gasteiger partial charge is 0.344 e. The zero-order chi connectivity index (χ0) is 21.5. The van der Waals surface area contributed by atoms with Crippen LogP contribution < -0.4 is 4.74 Å². The summed E-state index contributed by atoms with van der Waals surface area (Å²) in [7, 11) is 1.59. The number of carbonyl (C=O) groups is 2. The first kappa shape index (κ1) is 21.4. The Morgan fingerprint density at radius 1 is 1.00 bits per heavy atom. The SMILES string of the molecule is Cc1cc(C(=O)c2c(C)nn(C)c2OC(=O)c2ccc(Cl)cc2)c(Cl)c(C)c1Cl. The predicted molar refractivity (Wildman–Crippen MR) is 114 cm³/mol. The first-order valence-corrected chi connectivity index (χ1v) is 9.76. The molecule has 150 valence electrons. The lowest BCUT2D eigenvalue weighted by Gasteiger charge is -2.12. The summed E-state index contributed by atoms with van der Waals surface area (Å²) in [5, 5.41) is 5.49. The molecule has 0 bridgehead atoms. The van der Waals surface area contributed by atoms with Gasteiger partial charge in [0.15, 0.2) is 0 Å². The van der Waals surface area contributed by atoms with Crippen LogP contribution in [0.3, 0.4) is 0 Å². The Kier molecular flexibility index (Phi) is 6.03. The van der Waals surface area contributed by atoms with Crippen LogP contribution >= 0.6 is 34.8 Å². The van der Waals surface area contributed by atoms with Crippen molar-refractivity contribution in [1.82, 2.24) is 9.78 Å². The predicted octanol–water partition coefficient (Wildman–Crippen LogP) is 5.76. The van der Waals surface area contributed by atoms with Crippen LogP contribution in [0.5, 0.6) is 5.88 Å². The van der Waals surface area contributed by atoms with Gasteiger partial charge in [0.25, 0.3) is 0 Å². The lowest BCUT2D eigenvalue weighted by atomic mass is 9.99. The molecule has 0 aliphatic carbocycles. The molecule has 0 radical (unpaired) electrons. The number of ketones is 1. The Balaban J connectivity index is 2.05. The number of aromatic nitrogens is 2. The lowest BCUT2D eigenvalue weighted by Crippen LogP contribution is -2.14. The number of nitrogens with zero attached hydrogens (tertiary/aromatic N) is 2. The van der Waals surface area contributed by atoms with E-state index in [9.17, 15) is 9.59 Å². The molecule has 0 aliphatic rings. The van der Waals surface area contributed by atoms with Gasteiger partial charge in [-0.05, 0) is 62.2 Å². The third kappa shape index (κ3) is 4.04. The number of carbonyl (C=O) groups excluding carboxylic acids is 2. The van der Waals surface area contributed by atoms with Crippen LogP contribution in [0.4, 0.5) is 0 Å². The lowest BCUT2D eigenvalue weighted by molar-refractivity contribution is 0.0718. The van der Waals surface area contributed by atoms with Crippen molar-refractivity contribution in [2.45, 2.75) is 20.8 Å². The summed E-state index contributed by atoms with van der Waals surface area (Å²) in [5.74, 6) is -0.996. The highest BCUT2D eigenvalue weighted by Crippen LogP contribution is 2.34. The van der Waals surface area contributed by atoms with Crippen LogP contribution in [0.15, 0.2) is 30.3 Å². The van der Waals surface area contributed by atoms with E-state index < -0.39 is 11.8 Å². The first-order valence-electron chi connectivity index (χ1n) is 8.63.